The van der Waals surface area contributed by atoms with Gasteiger partial charge in [0.2, 0.25) is 0 Å². The van der Waals surface area contributed by atoms with Crippen LogP contribution in [0.2, 0.25) is 0 Å². The summed E-state index contributed by atoms with van der Waals surface area (Å²) in [5, 5.41) is 2.90. The molecule has 0 aromatic rings. The minimum atomic E-state index is -0.356. The number of carbonyl (C=O) groups is 1. The standard InChI is InChI=1S/C5H12N2O2/c1-7-4-2-3-5(8)9-6/h7H,2-4,6H2,1H3. The fraction of sp³-hybridized carbons (Fsp3) is 0.800. The van der Waals surface area contributed by atoms with Crippen molar-refractivity contribution in [2.24, 2.45) is 5.90 Å². The van der Waals surface area contributed by atoms with Gasteiger partial charge in [-0.25, -0.2) is 0 Å². The van der Waals surface area contributed by atoms with E-state index in [0.717, 1.165) is 13.0 Å². The lowest BCUT2D eigenvalue weighted by Crippen LogP contribution is -2.13. The Morgan fingerprint density at radius 2 is 2.44 bits per heavy atom. The summed E-state index contributed by atoms with van der Waals surface area (Å²) < 4.78 is 0. The van der Waals surface area contributed by atoms with Gasteiger partial charge in [-0.1, -0.05) is 0 Å². The number of hydrogen-bond acceptors (Lipinski definition) is 4. The Bertz CT molecular complexity index is 85.0. The quantitative estimate of drug-likeness (QED) is 0.396. The zero-order chi connectivity index (χ0) is 7.11. The molecule has 0 rings (SSSR count). The van der Waals surface area contributed by atoms with Gasteiger partial charge in [-0.2, -0.15) is 5.90 Å². The van der Waals surface area contributed by atoms with Crippen LogP contribution in [0.15, 0.2) is 0 Å². The molecule has 9 heavy (non-hydrogen) atoms. The highest BCUT2D eigenvalue weighted by molar-refractivity contribution is 5.68. The van der Waals surface area contributed by atoms with Crippen LogP contribution < -0.4 is 11.2 Å². The van der Waals surface area contributed by atoms with Crippen LogP contribution in [0, 0.1) is 0 Å². The molecule has 0 aromatic carbocycles. The summed E-state index contributed by atoms with van der Waals surface area (Å²) in [6.45, 7) is 0.815. The van der Waals surface area contributed by atoms with Gasteiger partial charge in [0.15, 0.2) is 0 Å². The van der Waals surface area contributed by atoms with Gasteiger partial charge < -0.3 is 10.2 Å². The predicted molar refractivity (Wildman–Crippen MR) is 33.4 cm³/mol. The molecule has 0 spiro atoms. The van der Waals surface area contributed by atoms with Crippen molar-refractivity contribution in [3.8, 4) is 0 Å². The summed E-state index contributed by atoms with van der Waals surface area (Å²) in [4.78, 5) is 14.2. The Hall–Kier alpha value is -0.610. The van der Waals surface area contributed by atoms with E-state index in [0.29, 0.717) is 6.42 Å². The van der Waals surface area contributed by atoms with Gasteiger partial charge in [0.25, 0.3) is 0 Å². The molecule has 0 saturated carbocycles. The number of hydrogen-bond donors (Lipinski definition) is 2. The number of nitrogens with two attached hydrogens (primary N) is 1. The summed E-state index contributed by atoms with van der Waals surface area (Å²) in [5.74, 6) is 4.23. The summed E-state index contributed by atoms with van der Waals surface area (Å²) >= 11 is 0. The molecule has 3 N–H and O–H groups in total. The molecule has 0 aliphatic heterocycles. The van der Waals surface area contributed by atoms with Crippen LogP contribution in [0.3, 0.4) is 0 Å². The van der Waals surface area contributed by atoms with E-state index in [1.807, 2.05) is 7.05 Å². The first-order valence-corrected chi connectivity index (χ1v) is 2.85. The molecule has 0 aromatic heterocycles. The van der Waals surface area contributed by atoms with Gasteiger partial charge in [0, 0.05) is 6.42 Å². The highest BCUT2D eigenvalue weighted by atomic mass is 16.7. The second-order valence-corrected chi connectivity index (χ2v) is 1.70. The molecule has 0 unspecified atom stereocenters. The lowest BCUT2D eigenvalue weighted by Gasteiger charge is -1.96. The van der Waals surface area contributed by atoms with Gasteiger partial charge in [-0.15, -0.1) is 0 Å². The number of carbonyl (C=O) groups excluding carboxylic acids is 1. The van der Waals surface area contributed by atoms with Crippen molar-refractivity contribution in [2.45, 2.75) is 12.8 Å². The van der Waals surface area contributed by atoms with E-state index in [2.05, 4.69) is 16.1 Å². The second kappa shape index (κ2) is 5.53. The van der Waals surface area contributed by atoms with E-state index in [1.165, 1.54) is 0 Å². The molecule has 0 radical (unpaired) electrons. The second-order valence-electron chi connectivity index (χ2n) is 1.70. The molecule has 0 saturated heterocycles. The highest BCUT2D eigenvalue weighted by Gasteiger charge is 1.97. The molecule has 0 aliphatic rings. The molecule has 0 bridgehead atoms. The van der Waals surface area contributed by atoms with Crippen molar-refractivity contribution in [3.05, 3.63) is 0 Å². The molecule has 4 heteroatoms. The lowest BCUT2D eigenvalue weighted by atomic mass is 10.3. The van der Waals surface area contributed by atoms with E-state index in [9.17, 15) is 4.79 Å². The third-order valence-corrected chi connectivity index (χ3v) is 0.939. The smallest absolute Gasteiger partial charge is 0.324 e. The number of nitrogens with one attached hydrogen (secondary N) is 1. The first-order chi connectivity index (χ1) is 4.31. The van der Waals surface area contributed by atoms with E-state index < -0.39 is 0 Å². The van der Waals surface area contributed by atoms with Crippen LogP contribution in [0.4, 0.5) is 0 Å². The molecular weight excluding hydrogens is 120 g/mol. The maximum atomic E-state index is 10.3. The van der Waals surface area contributed by atoms with E-state index in [-0.39, 0.29) is 5.97 Å². The van der Waals surface area contributed by atoms with Crippen LogP contribution in [-0.2, 0) is 9.63 Å². The summed E-state index contributed by atoms with van der Waals surface area (Å²) in [6.07, 6.45) is 1.16. The molecule has 0 fully saturated rings. The minimum Gasteiger partial charge on any atom is -0.373 e. The maximum absolute atomic E-state index is 10.3. The van der Waals surface area contributed by atoms with Gasteiger partial charge in [-0.05, 0) is 20.0 Å². The monoisotopic (exact) mass is 132 g/mol. The zero-order valence-corrected chi connectivity index (χ0v) is 5.52. The van der Waals surface area contributed by atoms with E-state index in [4.69, 9.17) is 0 Å². The van der Waals surface area contributed by atoms with Crippen molar-refractivity contribution in [3.63, 3.8) is 0 Å². The molecule has 0 heterocycles. The van der Waals surface area contributed by atoms with Crippen LogP contribution in [0.1, 0.15) is 12.8 Å². The Labute approximate surface area is 54.3 Å². The third-order valence-electron chi connectivity index (χ3n) is 0.939. The molecule has 0 amide bonds. The third kappa shape index (κ3) is 5.26. The van der Waals surface area contributed by atoms with Crippen LogP contribution in [0.5, 0.6) is 0 Å². The molecular formula is C5H12N2O2. The molecule has 0 atom stereocenters. The van der Waals surface area contributed by atoms with Gasteiger partial charge >= 0.3 is 5.97 Å². The normalized spacial score (nSPS) is 9.11. The first-order valence-electron chi connectivity index (χ1n) is 2.85. The average molecular weight is 132 g/mol. The van der Waals surface area contributed by atoms with Crippen molar-refractivity contribution >= 4 is 5.97 Å². The number of rotatable bonds is 4. The summed E-state index contributed by atoms with van der Waals surface area (Å²) in [5.41, 5.74) is 0. The van der Waals surface area contributed by atoms with Gasteiger partial charge in [0.1, 0.15) is 0 Å². The fourth-order valence-corrected chi connectivity index (χ4v) is 0.468. The molecule has 0 aliphatic carbocycles. The van der Waals surface area contributed by atoms with Crippen molar-refractivity contribution < 1.29 is 9.63 Å². The SMILES string of the molecule is CNCCCC(=O)ON. The van der Waals surface area contributed by atoms with Gasteiger partial charge in [-0.3, -0.25) is 4.79 Å². The highest BCUT2D eigenvalue weighted by Crippen LogP contribution is 1.86. The van der Waals surface area contributed by atoms with E-state index >= 15 is 0 Å². The summed E-state index contributed by atoms with van der Waals surface area (Å²) in [7, 11) is 1.83. The van der Waals surface area contributed by atoms with Crippen molar-refractivity contribution in [2.75, 3.05) is 13.6 Å². The van der Waals surface area contributed by atoms with E-state index in [1.54, 1.807) is 0 Å². The maximum Gasteiger partial charge on any atom is 0.324 e. The summed E-state index contributed by atoms with van der Waals surface area (Å²) in [6, 6.07) is 0. The van der Waals surface area contributed by atoms with Crippen molar-refractivity contribution in [1.29, 1.82) is 0 Å². The first kappa shape index (κ1) is 8.39. The van der Waals surface area contributed by atoms with Crippen LogP contribution >= 0.6 is 0 Å². The minimum absolute atomic E-state index is 0.356. The zero-order valence-electron chi connectivity index (χ0n) is 5.52. The van der Waals surface area contributed by atoms with Crippen LogP contribution in [0.25, 0.3) is 0 Å². The fourth-order valence-electron chi connectivity index (χ4n) is 0.468. The molecule has 4 nitrogen and oxygen atoms in total. The largest absolute Gasteiger partial charge is 0.373 e. The Morgan fingerprint density at radius 1 is 1.78 bits per heavy atom. The Kier molecular flexibility index (Phi) is 5.15. The molecule has 54 valence electrons. The average Bonchev–Trinajstić information content (AvgIpc) is 1.89. The van der Waals surface area contributed by atoms with Crippen molar-refractivity contribution in [1.82, 2.24) is 5.32 Å². The lowest BCUT2D eigenvalue weighted by molar-refractivity contribution is -0.144. The van der Waals surface area contributed by atoms with Gasteiger partial charge in [0.05, 0.1) is 0 Å². The Balaban J connectivity index is 2.97. The Morgan fingerprint density at radius 3 is 2.89 bits per heavy atom. The topological polar surface area (TPSA) is 64.3 Å². The predicted octanol–water partition coefficient (Wildman–Crippen LogP) is -0.597. The van der Waals surface area contributed by atoms with Crippen LogP contribution in [-0.4, -0.2) is 19.6 Å².